The Labute approximate surface area is 103 Å². The summed E-state index contributed by atoms with van der Waals surface area (Å²) in [5.41, 5.74) is 0. The largest absolute Gasteiger partial charge is 0.373 e. The van der Waals surface area contributed by atoms with Gasteiger partial charge in [-0.25, -0.2) is 0 Å². The highest BCUT2D eigenvalue weighted by Gasteiger charge is 2.28. The van der Waals surface area contributed by atoms with E-state index in [9.17, 15) is 0 Å². The van der Waals surface area contributed by atoms with Crippen LogP contribution in [-0.2, 0) is 11.3 Å². The third kappa shape index (κ3) is 3.28. The minimum atomic E-state index is 0.490. The zero-order chi connectivity index (χ0) is 10.7. The normalized spacial score (nSPS) is 25.2. The van der Waals surface area contributed by atoms with Crippen LogP contribution in [0.5, 0.6) is 0 Å². The van der Waals surface area contributed by atoms with E-state index in [4.69, 9.17) is 4.74 Å². The molecule has 2 nitrogen and oxygen atoms in total. The smallest absolute Gasteiger partial charge is 0.0813 e. The van der Waals surface area contributed by atoms with Gasteiger partial charge < -0.3 is 10.1 Å². The summed E-state index contributed by atoms with van der Waals surface area (Å²) in [5.74, 6) is 0.829. The fourth-order valence-electron chi connectivity index (χ4n) is 1.90. The first-order chi connectivity index (χ1) is 7.28. The second-order valence-electron chi connectivity index (χ2n) is 4.06. The fraction of sp³-hybridized carbons (Fsp3) is 0.636. The molecule has 15 heavy (non-hydrogen) atoms. The summed E-state index contributed by atoms with van der Waals surface area (Å²) in [6.45, 7) is 1.90. The monoisotopic (exact) mass is 289 g/mol. The predicted octanol–water partition coefficient (Wildman–Crippen LogP) is 3.03. The van der Waals surface area contributed by atoms with Gasteiger partial charge in [-0.3, -0.25) is 0 Å². The van der Waals surface area contributed by atoms with Gasteiger partial charge in [0, 0.05) is 14.7 Å². The van der Waals surface area contributed by atoms with Gasteiger partial charge in [0.25, 0.3) is 0 Å². The maximum absolute atomic E-state index is 5.82. The molecule has 84 valence electrons. The van der Waals surface area contributed by atoms with Crippen molar-refractivity contribution in [1.29, 1.82) is 0 Å². The standard InChI is InChI=1S/C11H16BrNOS/c1-13-5-8-2-10(3-8)14-6-11-4-9(12)7-15-11/h4,7-8,10,13H,2-3,5-6H2,1H3. The summed E-state index contributed by atoms with van der Waals surface area (Å²) in [7, 11) is 2.01. The van der Waals surface area contributed by atoms with E-state index in [1.165, 1.54) is 17.7 Å². The van der Waals surface area contributed by atoms with Crippen molar-refractivity contribution in [2.45, 2.75) is 25.6 Å². The predicted molar refractivity (Wildman–Crippen MR) is 67.2 cm³/mol. The summed E-state index contributed by atoms with van der Waals surface area (Å²) >= 11 is 5.20. The fourth-order valence-corrected chi connectivity index (χ4v) is 3.27. The average Bonchev–Trinajstić information content (AvgIpc) is 2.55. The van der Waals surface area contributed by atoms with E-state index < -0.39 is 0 Å². The Balaban J connectivity index is 1.64. The number of nitrogens with one attached hydrogen (secondary N) is 1. The molecule has 2 rings (SSSR count). The van der Waals surface area contributed by atoms with Crippen LogP contribution in [0.4, 0.5) is 0 Å². The Morgan fingerprint density at radius 3 is 3.00 bits per heavy atom. The molecular weight excluding hydrogens is 274 g/mol. The van der Waals surface area contributed by atoms with Gasteiger partial charge in [0.2, 0.25) is 0 Å². The Hall–Kier alpha value is 0.1000. The maximum atomic E-state index is 5.82. The van der Waals surface area contributed by atoms with E-state index in [2.05, 4.69) is 32.7 Å². The van der Waals surface area contributed by atoms with Gasteiger partial charge >= 0.3 is 0 Å². The lowest BCUT2D eigenvalue weighted by Crippen LogP contribution is -2.36. The summed E-state index contributed by atoms with van der Waals surface area (Å²) < 4.78 is 6.98. The van der Waals surface area contributed by atoms with Crippen molar-refractivity contribution in [3.05, 3.63) is 20.8 Å². The second-order valence-corrected chi connectivity index (χ2v) is 5.97. The Morgan fingerprint density at radius 2 is 2.40 bits per heavy atom. The molecule has 0 atom stereocenters. The van der Waals surface area contributed by atoms with Crippen molar-refractivity contribution in [2.24, 2.45) is 5.92 Å². The highest BCUT2D eigenvalue weighted by molar-refractivity contribution is 9.10. The third-order valence-electron chi connectivity index (χ3n) is 2.77. The van der Waals surface area contributed by atoms with Gasteiger partial charge in [0.15, 0.2) is 0 Å². The highest BCUT2D eigenvalue weighted by atomic mass is 79.9. The molecule has 0 amide bonds. The average molecular weight is 290 g/mol. The molecule has 1 aliphatic rings. The summed E-state index contributed by atoms with van der Waals surface area (Å²) in [6.07, 6.45) is 2.92. The van der Waals surface area contributed by atoms with E-state index in [1.54, 1.807) is 11.3 Å². The van der Waals surface area contributed by atoms with Crippen LogP contribution in [0, 0.1) is 5.92 Å². The summed E-state index contributed by atoms with van der Waals surface area (Å²) in [6, 6.07) is 2.13. The van der Waals surface area contributed by atoms with Crippen molar-refractivity contribution >= 4 is 27.3 Å². The first kappa shape index (κ1) is 11.6. The lowest BCUT2D eigenvalue weighted by molar-refractivity contribution is -0.0381. The van der Waals surface area contributed by atoms with E-state index >= 15 is 0 Å². The molecule has 0 radical (unpaired) electrons. The van der Waals surface area contributed by atoms with Crippen molar-refractivity contribution in [1.82, 2.24) is 5.32 Å². The zero-order valence-corrected chi connectivity index (χ0v) is 11.2. The molecule has 0 saturated heterocycles. The first-order valence-corrected chi connectivity index (χ1v) is 6.94. The molecule has 1 saturated carbocycles. The van der Waals surface area contributed by atoms with E-state index in [0.717, 1.165) is 23.5 Å². The molecule has 0 aliphatic heterocycles. The van der Waals surface area contributed by atoms with E-state index in [1.807, 2.05) is 7.05 Å². The Bertz CT molecular complexity index is 309. The lowest BCUT2D eigenvalue weighted by Gasteiger charge is -2.34. The molecular formula is C11H16BrNOS. The van der Waals surface area contributed by atoms with Crippen LogP contribution in [0.2, 0.25) is 0 Å². The van der Waals surface area contributed by atoms with Crippen LogP contribution in [0.15, 0.2) is 15.9 Å². The summed E-state index contributed by atoms with van der Waals surface area (Å²) in [5, 5.41) is 5.31. The molecule has 0 bridgehead atoms. The number of rotatable bonds is 5. The number of ether oxygens (including phenoxy) is 1. The quantitative estimate of drug-likeness (QED) is 0.900. The number of halogens is 1. The molecule has 1 heterocycles. The number of thiophene rings is 1. The van der Waals surface area contributed by atoms with Crippen LogP contribution < -0.4 is 5.32 Å². The molecule has 1 aromatic heterocycles. The summed E-state index contributed by atoms with van der Waals surface area (Å²) in [4.78, 5) is 1.30. The maximum Gasteiger partial charge on any atom is 0.0813 e. The number of hydrogen-bond donors (Lipinski definition) is 1. The molecule has 1 aromatic rings. The van der Waals surface area contributed by atoms with Crippen LogP contribution >= 0.6 is 27.3 Å². The first-order valence-electron chi connectivity index (χ1n) is 5.27. The third-order valence-corrected chi connectivity index (χ3v) is 4.44. The molecule has 1 N–H and O–H groups in total. The second kappa shape index (κ2) is 5.43. The van der Waals surface area contributed by atoms with Gasteiger partial charge in [0.05, 0.1) is 12.7 Å². The van der Waals surface area contributed by atoms with Gasteiger partial charge in [-0.2, -0.15) is 0 Å². The highest BCUT2D eigenvalue weighted by Crippen LogP contribution is 2.31. The van der Waals surface area contributed by atoms with Crippen molar-refractivity contribution in [3.63, 3.8) is 0 Å². The Morgan fingerprint density at radius 1 is 1.60 bits per heavy atom. The minimum Gasteiger partial charge on any atom is -0.373 e. The Kier molecular flexibility index (Phi) is 4.20. The van der Waals surface area contributed by atoms with Crippen molar-refractivity contribution < 1.29 is 4.74 Å². The van der Waals surface area contributed by atoms with Crippen LogP contribution in [0.1, 0.15) is 17.7 Å². The van der Waals surface area contributed by atoms with Gasteiger partial charge in [-0.05, 0) is 54.3 Å². The molecule has 1 fully saturated rings. The van der Waals surface area contributed by atoms with Crippen molar-refractivity contribution in [3.8, 4) is 0 Å². The van der Waals surface area contributed by atoms with Gasteiger partial charge in [0.1, 0.15) is 0 Å². The van der Waals surface area contributed by atoms with Crippen molar-refractivity contribution in [2.75, 3.05) is 13.6 Å². The van der Waals surface area contributed by atoms with Crippen LogP contribution in [-0.4, -0.2) is 19.7 Å². The van der Waals surface area contributed by atoms with E-state index in [-0.39, 0.29) is 0 Å². The topological polar surface area (TPSA) is 21.3 Å². The minimum absolute atomic E-state index is 0.490. The van der Waals surface area contributed by atoms with Crippen LogP contribution in [0.3, 0.4) is 0 Å². The van der Waals surface area contributed by atoms with Gasteiger partial charge in [-0.1, -0.05) is 0 Å². The molecule has 4 heteroatoms. The molecule has 0 spiro atoms. The number of hydrogen-bond acceptors (Lipinski definition) is 3. The molecule has 1 aliphatic carbocycles. The van der Waals surface area contributed by atoms with Crippen LogP contribution in [0.25, 0.3) is 0 Å². The zero-order valence-electron chi connectivity index (χ0n) is 8.83. The molecule has 0 unspecified atom stereocenters. The van der Waals surface area contributed by atoms with Gasteiger partial charge in [-0.15, -0.1) is 11.3 Å². The van der Waals surface area contributed by atoms with E-state index in [0.29, 0.717) is 6.10 Å². The lowest BCUT2D eigenvalue weighted by atomic mass is 9.82. The molecule has 0 aromatic carbocycles. The SMILES string of the molecule is CNCC1CC(OCc2cc(Br)cs2)C1.